The first kappa shape index (κ1) is 29.8. The Labute approximate surface area is 218 Å². The second kappa shape index (κ2) is 15.0. The van der Waals surface area contributed by atoms with Crippen LogP contribution in [-0.2, 0) is 40.3 Å². The summed E-state index contributed by atoms with van der Waals surface area (Å²) in [4.78, 5) is 37.3. The number of hydrogen-bond donors (Lipinski definition) is 4. The normalized spacial score (nSPS) is 11.4. The van der Waals surface area contributed by atoms with Crippen LogP contribution >= 0.6 is 0 Å². The number of aromatic hydroxyl groups is 1. The van der Waals surface area contributed by atoms with Gasteiger partial charge in [-0.15, -0.1) is 0 Å². The lowest BCUT2D eigenvalue weighted by Crippen LogP contribution is -2.39. The number of carbonyl (C=O) groups is 3. The van der Waals surface area contributed by atoms with Gasteiger partial charge in [-0.05, 0) is 47.9 Å². The van der Waals surface area contributed by atoms with Crippen molar-refractivity contribution in [3.05, 3.63) is 64.7 Å². The molecule has 2 aromatic carbocycles. The van der Waals surface area contributed by atoms with E-state index >= 15 is 0 Å². The lowest BCUT2D eigenvalue weighted by Gasteiger charge is -2.26. The van der Waals surface area contributed by atoms with Crippen LogP contribution in [0.4, 0.5) is 0 Å². The van der Waals surface area contributed by atoms with Crippen molar-refractivity contribution in [1.29, 1.82) is 0 Å². The van der Waals surface area contributed by atoms with Gasteiger partial charge in [0.2, 0.25) is 0 Å². The van der Waals surface area contributed by atoms with Crippen LogP contribution in [0.15, 0.2) is 42.5 Å². The summed E-state index contributed by atoms with van der Waals surface area (Å²) in [5, 5.41) is 38.1. The van der Waals surface area contributed by atoms with Gasteiger partial charge in [0.05, 0.1) is 13.1 Å². The molecule has 4 N–H and O–H groups in total. The molecule has 0 aromatic heterocycles. The number of aryl methyl sites for hydroxylation is 2. The van der Waals surface area contributed by atoms with Crippen molar-refractivity contribution in [3.63, 3.8) is 0 Å². The average Bonchev–Trinajstić information content (AvgIpc) is 2.81. The molecule has 0 radical (unpaired) electrons. The predicted molar refractivity (Wildman–Crippen MR) is 139 cm³/mol. The van der Waals surface area contributed by atoms with E-state index in [1.165, 1.54) is 11.6 Å². The van der Waals surface area contributed by atoms with Crippen LogP contribution in [0.25, 0.3) is 0 Å². The maximum absolute atomic E-state index is 11.5. The van der Waals surface area contributed by atoms with Crippen molar-refractivity contribution < 1.29 is 34.8 Å². The summed E-state index contributed by atoms with van der Waals surface area (Å²) < 4.78 is 0. The third-order valence-electron chi connectivity index (χ3n) is 6.02. The summed E-state index contributed by atoms with van der Waals surface area (Å²) in [5.74, 6) is -2.35. The third-order valence-corrected chi connectivity index (χ3v) is 6.02. The fourth-order valence-electron chi connectivity index (χ4n) is 4.10. The van der Waals surface area contributed by atoms with Crippen LogP contribution < -0.4 is 0 Å². The Bertz CT molecular complexity index is 1050. The standard InChI is InChI=1S/C28H38N2O7/c1-20(2)6-7-21-4-3-5-23(14-21)16-29(18-27(34)35)12-13-30(19-28(36)37)17-24-15-22(8-10-25(24)31)9-11-26(32)33/h3-5,8,10,14-15,20,31H,6-7,9,11-13,16-19H2,1-2H3,(H,32,33)(H,34,35)(H,36,37). The molecule has 0 aliphatic rings. The Balaban J connectivity index is 2.11. The molecule has 9 heteroatoms. The first-order valence-corrected chi connectivity index (χ1v) is 12.5. The molecule has 0 amide bonds. The van der Waals surface area contributed by atoms with Crippen LogP contribution in [0.2, 0.25) is 0 Å². The van der Waals surface area contributed by atoms with Gasteiger partial charge in [0.25, 0.3) is 0 Å². The summed E-state index contributed by atoms with van der Waals surface area (Å²) in [7, 11) is 0. The Hall–Kier alpha value is -3.43. The van der Waals surface area contributed by atoms with Gasteiger partial charge in [-0.25, -0.2) is 0 Å². The van der Waals surface area contributed by atoms with Crippen molar-refractivity contribution in [2.75, 3.05) is 26.2 Å². The molecular formula is C28H38N2O7. The number of phenolic OH excluding ortho intramolecular Hbond substituents is 1. The van der Waals surface area contributed by atoms with Crippen molar-refractivity contribution >= 4 is 17.9 Å². The molecule has 0 aliphatic heterocycles. The van der Waals surface area contributed by atoms with Gasteiger partial charge >= 0.3 is 17.9 Å². The minimum Gasteiger partial charge on any atom is -0.508 e. The van der Waals surface area contributed by atoms with Gasteiger partial charge in [-0.2, -0.15) is 0 Å². The fraction of sp³-hybridized carbons (Fsp3) is 0.464. The van der Waals surface area contributed by atoms with Crippen molar-refractivity contribution in [2.24, 2.45) is 5.92 Å². The first-order valence-electron chi connectivity index (χ1n) is 12.5. The van der Waals surface area contributed by atoms with E-state index in [2.05, 4.69) is 26.0 Å². The summed E-state index contributed by atoms with van der Waals surface area (Å²) in [6.45, 7) is 5.00. The molecule has 0 heterocycles. The number of rotatable bonds is 17. The maximum atomic E-state index is 11.5. The third kappa shape index (κ3) is 11.9. The molecule has 0 bridgehead atoms. The molecular weight excluding hydrogens is 476 g/mol. The Morgan fingerprint density at radius 3 is 1.95 bits per heavy atom. The number of nitrogens with zero attached hydrogens (tertiary/aromatic N) is 2. The highest BCUT2D eigenvalue weighted by Crippen LogP contribution is 2.21. The summed E-state index contributed by atoms with van der Waals surface area (Å²) >= 11 is 0. The minimum atomic E-state index is -1.04. The number of aliphatic carboxylic acids is 3. The molecule has 0 unspecified atom stereocenters. The lowest BCUT2D eigenvalue weighted by molar-refractivity contribution is -0.140. The van der Waals surface area contributed by atoms with Crippen LogP contribution in [0.5, 0.6) is 5.75 Å². The monoisotopic (exact) mass is 514 g/mol. The summed E-state index contributed by atoms with van der Waals surface area (Å²) in [6.07, 6.45) is 2.26. The Morgan fingerprint density at radius 1 is 0.757 bits per heavy atom. The van der Waals surface area contributed by atoms with Gasteiger partial charge in [-0.3, -0.25) is 24.2 Å². The molecule has 0 spiro atoms. The average molecular weight is 515 g/mol. The second-order valence-electron chi connectivity index (χ2n) is 9.82. The number of carboxylic acid groups (broad SMARTS) is 3. The molecule has 9 nitrogen and oxygen atoms in total. The number of hydrogen-bond acceptors (Lipinski definition) is 6. The van der Waals surface area contributed by atoms with Crippen molar-refractivity contribution in [1.82, 2.24) is 9.80 Å². The Morgan fingerprint density at radius 2 is 1.35 bits per heavy atom. The molecule has 2 aromatic rings. The number of benzene rings is 2. The molecule has 202 valence electrons. The molecule has 0 fully saturated rings. The van der Waals surface area contributed by atoms with Crippen LogP contribution in [-0.4, -0.2) is 74.3 Å². The van der Waals surface area contributed by atoms with E-state index < -0.39 is 17.9 Å². The van der Waals surface area contributed by atoms with Crippen LogP contribution in [0.3, 0.4) is 0 Å². The first-order chi connectivity index (χ1) is 17.5. The van der Waals surface area contributed by atoms with E-state index in [1.54, 1.807) is 21.9 Å². The van der Waals surface area contributed by atoms with E-state index in [9.17, 15) is 29.7 Å². The van der Waals surface area contributed by atoms with E-state index in [1.807, 2.05) is 12.1 Å². The second-order valence-corrected chi connectivity index (χ2v) is 9.82. The van der Waals surface area contributed by atoms with Gasteiger partial charge in [0.15, 0.2) is 0 Å². The largest absolute Gasteiger partial charge is 0.508 e. The zero-order chi connectivity index (χ0) is 27.4. The molecule has 0 aliphatic carbocycles. The SMILES string of the molecule is CC(C)CCc1cccc(CN(CCN(CC(=O)O)Cc2cc(CCC(=O)O)ccc2O)CC(=O)O)c1. The minimum absolute atomic E-state index is 0.00457. The Kier molecular flexibility index (Phi) is 12.1. The van der Waals surface area contributed by atoms with Gasteiger partial charge in [-0.1, -0.05) is 50.2 Å². The van der Waals surface area contributed by atoms with Crippen molar-refractivity contribution in [3.8, 4) is 5.75 Å². The summed E-state index contributed by atoms with van der Waals surface area (Å²) in [6, 6.07) is 12.9. The molecule has 37 heavy (non-hydrogen) atoms. The quantitative estimate of drug-likeness (QED) is 0.250. The van der Waals surface area contributed by atoms with Gasteiger partial charge in [0.1, 0.15) is 5.75 Å². The summed E-state index contributed by atoms with van der Waals surface area (Å²) in [5.41, 5.74) is 3.42. The number of phenols is 1. The molecule has 0 saturated heterocycles. The highest BCUT2D eigenvalue weighted by molar-refractivity contribution is 5.69. The van der Waals surface area contributed by atoms with Crippen LogP contribution in [0, 0.1) is 5.92 Å². The zero-order valence-electron chi connectivity index (χ0n) is 21.6. The van der Waals surface area contributed by atoms with Crippen LogP contribution in [0.1, 0.15) is 48.9 Å². The molecule has 0 atom stereocenters. The smallest absolute Gasteiger partial charge is 0.317 e. The molecule has 0 saturated carbocycles. The zero-order valence-corrected chi connectivity index (χ0v) is 21.6. The van der Waals surface area contributed by atoms with E-state index in [0.29, 0.717) is 31.0 Å². The highest BCUT2D eigenvalue weighted by atomic mass is 16.4. The molecule has 2 rings (SSSR count). The maximum Gasteiger partial charge on any atom is 0.317 e. The van der Waals surface area contributed by atoms with E-state index in [-0.39, 0.29) is 38.3 Å². The number of carboxylic acids is 3. The van der Waals surface area contributed by atoms with E-state index in [4.69, 9.17) is 5.11 Å². The van der Waals surface area contributed by atoms with E-state index in [0.717, 1.165) is 24.0 Å². The predicted octanol–water partition coefficient (Wildman–Crippen LogP) is 3.47. The fourth-order valence-corrected chi connectivity index (χ4v) is 4.10. The topological polar surface area (TPSA) is 139 Å². The highest BCUT2D eigenvalue weighted by Gasteiger charge is 2.17. The van der Waals surface area contributed by atoms with Gasteiger partial charge < -0.3 is 20.4 Å². The van der Waals surface area contributed by atoms with Gasteiger partial charge in [0, 0.05) is 38.2 Å². The van der Waals surface area contributed by atoms with Crippen molar-refractivity contribution in [2.45, 2.75) is 52.6 Å². The lowest BCUT2D eigenvalue weighted by atomic mass is 10.0.